The smallest absolute Gasteiger partial charge is 0.493 e. The average Bonchev–Trinajstić information content (AvgIpc) is 2.17. The molecule has 0 aromatic heterocycles. The summed E-state index contributed by atoms with van der Waals surface area (Å²) in [6, 6.07) is 5.44. The predicted molar refractivity (Wildman–Crippen MR) is 46.0 cm³/mol. The molecule has 0 saturated carbocycles. The third kappa shape index (κ3) is 1.50. The van der Waals surface area contributed by atoms with E-state index in [0.717, 1.165) is 5.56 Å². The quantitative estimate of drug-likeness (QED) is 0.650. The second-order valence-corrected chi connectivity index (χ2v) is 3.42. The summed E-state index contributed by atoms with van der Waals surface area (Å²) in [5, 5.41) is 0. The largest absolute Gasteiger partial charge is 0.750 e. The lowest BCUT2D eigenvalue weighted by atomic mass is 10.2. The molecule has 1 aliphatic rings. The Hall–Kier alpha value is -1.12. The maximum atomic E-state index is 10.9. The van der Waals surface area contributed by atoms with Gasteiger partial charge in [-0.2, -0.15) is 0 Å². The van der Waals surface area contributed by atoms with Crippen LogP contribution in [0.1, 0.15) is 5.56 Å². The molecule has 13 heavy (non-hydrogen) atoms. The van der Waals surface area contributed by atoms with E-state index < -0.39 is 8.25 Å². The van der Waals surface area contributed by atoms with Crippen molar-refractivity contribution in [3.05, 3.63) is 23.8 Å². The molecule has 0 saturated heterocycles. The Balaban J connectivity index is 2.46. The van der Waals surface area contributed by atoms with Crippen molar-refractivity contribution in [1.29, 1.82) is 0 Å². The summed E-state index contributed by atoms with van der Waals surface area (Å²) in [6.07, 6.45) is 0. The number of benzene rings is 1. The first kappa shape index (κ1) is 8.48. The molecule has 1 atom stereocenters. The fraction of sp³-hybridized carbons (Fsp3) is 0.250. The number of ether oxygens (including phenoxy) is 1. The zero-order valence-corrected chi connectivity index (χ0v) is 7.91. The summed E-state index contributed by atoms with van der Waals surface area (Å²) in [4.78, 5) is 0. The van der Waals surface area contributed by atoms with Crippen molar-refractivity contribution in [3.8, 4) is 11.5 Å². The van der Waals surface area contributed by atoms with Gasteiger partial charge in [0.1, 0.15) is 6.61 Å². The lowest BCUT2D eigenvalue weighted by Crippen LogP contribution is -2.01. The van der Waals surface area contributed by atoms with Crippen LogP contribution >= 0.6 is 8.25 Å². The van der Waals surface area contributed by atoms with Crippen LogP contribution in [-0.2, 0) is 15.7 Å². The molecule has 2 rings (SSSR count). The minimum Gasteiger partial charge on any atom is -0.493 e. The maximum absolute atomic E-state index is 10.9. The number of fused-ring (bicyclic) bond motifs is 1. The Morgan fingerprint density at radius 2 is 2.38 bits per heavy atom. The standard InChI is InChI=1S/C8H8O4P/c1-10-7-4-2-3-6-5-11-13(9)12-8(6)7/h2-4H,5H2,1H3/q+1. The van der Waals surface area contributed by atoms with E-state index in [4.69, 9.17) is 13.8 Å². The molecule has 1 unspecified atom stereocenters. The molecule has 0 N–H and O–H groups in total. The van der Waals surface area contributed by atoms with Crippen molar-refractivity contribution in [2.45, 2.75) is 6.61 Å². The second kappa shape index (κ2) is 3.32. The predicted octanol–water partition coefficient (Wildman–Crippen LogP) is 2.26. The van der Waals surface area contributed by atoms with Gasteiger partial charge in [-0.3, -0.25) is 0 Å². The summed E-state index contributed by atoms with van der Waals surface area (Å²) in [5.41, 5.74) is 0.856. The van der Waals surface area contributed by atoms with E-state index in [1.165, 1.54) is 0 Å². The molecule has 0 fully saturated rings. The molecule has 0 radical (unpaired) electrons. The first-order valence-corrected chi connectivity index (χ1v) is 4.85. The third-order valence-electron chi connectivity index (χ3n) is 1.77. The molecule has 1 aliphatic heterocycles. The minimum atomic E-state index is -2.03. The molecule has 4 nitrogen and oxygen atoms in total. The Morgan fingerprint density at radius 3 is 3.15 bits per heavy atom. The number of hydrogen-bond acceptors (Lipinski definition) is 4. The first-order chi connectivity index (χ1) is 6.31. The van der Waals surface area contributed by atoms with Gasteiger partial charge >= 0.3 is 8.25 Å². The van der Waals surface area contributed by atoms with Gasteiger partial charge in [0.25, 0.3) is 0 Å². The highest BCUT2D eigenvalue weighted by Gasteiger charge is 2.32. The lowest BCUT2D eigenvalue weighted by molar-refractivity contribution is 0.247. The van der Waals surface area contributed by atoms with Gasteiger partial charge in [-0.1, -0.05) is 12.1 Å². The summed E-state index contributed by atoms with van der Waals surface area (Å²) in [6.45, 7) is 0.307. The third-order valence-corrected chi connectivity index (χ3v) is 2.44. The highest BCUT2D eigenvalue weighted by atomic mass is 31.1. The van der Waals surface area contributed by atoms with E-state index in [-0.39, 0.29) is 0 Å². The summed E-state index contributed by atoms with van der Waals surface area (Å²) < 4.78 is 25.8. The van der Waals surface area contributed by atoms with Gasteiger partial charge in [-0.05, 0) is 6.07 Å². The zero-order valence-electron chi connectivity index (χ0n) is 7.02. The van der Waals surface area contributed by atoms with Crippen molar-refractivity contribution in [1.82, 2.24) is 0 Å². The molecule has 0 aliphatic carbocycles. The average molecular weight is 199 g/mol. The van der Waals surface area contributed by atoms with Crippen molar-refractivity contribution in [2.24, 2.45) is 0 Å². The van der Waals surface area contributed by atoms with E-state index in [9.17, 15) is 4.57 Å². The first-order valence-electron chi connectivity index (χ1n) is 3.75. The fourth-order valence-electron chi connectivity index (χ4n) is 1.16. The van der Waals surface area contributed by atoms with E-state index in [0.29, 0.717) is 18.1 Å². The number of rotatable bonds is 1. The lowest BCUT2D eigenvalue weighted by Gasteiger charge is -2.09. The van der Waals surface area contributed by atoms with Crippen LogP contribution in [0.3, 0.4) is 0 Å². The van der Waals surface area contributed by atoms with Gasteiger partial charge in [0.2, 0.25) is 5.75 Å². The van der Waals surface area contributed by atoms with Crippen LogP contribution in [0.4, 0.5) is 0 Å². The SMILES string of the molecule is COc1cccc2c1O[P+](=O)OC2. The molecule has 68 valence electrons. The highest BCUT2D eigenvalue weighted by molar-refractivity contribution is 7.33. The van der Waals surface area contributed by atoms with Gasteiger partial charge in [0, 0.05) is 10.1 Å². The van der Waals surface area contributed by atoms with Crippen LogP contribution in [-0.4, -0.2) is 7.11 Å². The molecular formula is C8H8O4P+. The maximum Gasteiger partial charge on any atom is 0.750 e. The van der Waals surface area contributed by atoms with Gasteiger partial charge in [0.05, 0.1) is 7.11 Å². The van der Waals surface area contributed by atoms with Gasteiger partial charge in [0.15, 0.2) is 5.75 Å². The number of methoxy groups -OCH3 is 1. The van der Waals surface area contributed by atoms with Gasteiger partial charge in [-0.25, -0.2) is 4.52 Å². The monoisotopic (exact) mass is 199 g/mol. The topological polar surface area (TPSA) is 44.8 Å². The molecular weight excluding hydrogens is 191 g/mol. The Labute approximate surface area is 76.4 Å². The van der Waals surface area contributed by atoms with Gasteiger partial charge < -0.3 is 4.74 Å². The van der Waals surface area contributed by atoms with Gasteiger partial charge in [-0.15, -0.1) is 4.52 Å². The zero-order chi connectivity index (χ0) is 9.26. The van der Waals surface area contributed by atoms with Crippen LogP contribution < -0.4 is 9.26 Å². The van der Waals surface area contributed by atoms with Crippen LogP contribution in [0, 0.1) is 0 Å². The molecule has 0 amide bonds. The van der Waals surface area contributed by atoms with Crippen LogP contribution in [0.2, 0.25) is 0 Å². The van der Waals surface area contributed by atoms with Crippen LogP contribution in [0.5, 0.6) is 11.5 Å². The van der Waals surface area contributed by atoms with E-state index in [1.807, 2.05) is 12.1 Å². The molecule has 1 heterocycles. The van der Waals surface area contributed by atoms with Crippen molar-refractivity contribution in [3.63, 3.8) is 0 Å². The summed E-state index contributed by atoms with van der Waals surface area (Å²) >= 11 is 0. The van der Waals surface area contributed by atoms with E-state index in [1.54, 1.807) is 13.2 Å². The van der Waals surface area contributed by atoms with Crippen molar-refractivity contribution < 1.29 is 18.3 Å². The molecule has 5 heteroatoms. The minimum absolute atomic E-state index is 0.307. The molecule has 1 aromatic carbocycles. The highest BCUT2D eigenvalue weighted by Crippen LogP contribution is 2.43. The van der Waals surface area contributed by atoms with Crippen molar-refractivity contribution >= 4 is 8.25 Å². The number of hydrogen-bond donors (Lipinski definition) is 0. The van der Waals surface area contributed by atoms with Crippen LogP contribution in [0.25, 0.3) is 0 Å². The van der Waals surface area contributed by atoms with E-state index in [2.05, 4.69) is 0 Å². The van der Waals surface area contributed by atoms with E-state index >= 15 is 0 Å². The Morgan fingerprint density at radius 1 is 1.54 bits per heavy atom. The Bertz CT molecular complexity index is 336. The molecule has 1 aromatic rings. The van der Waals surface area contributed by atoms with Crippen LogP contribution in [0.15, 0.2) is 18.2 Å². The number of para-hydroxylation sites is 1. The molecule has 0 bridgehead atoms. The second-order valence-electron chi connectivity index (χ2n) is 2.54. The normalized spacial score (nSPS) is 17.5. The fourth-order valence-corrected chi connectivity index (χ4v) is 1.82. The molecule has 0 spiro atoms. The van der Waals surface area contributed by atoms with Crippen molar-refractivity contribution in [2.75, 3.05) is 7.11 Å². The summed E-state index contributed by atoms with van der Waals surface area (Å²) in [7, 11) is -0.487. The summed E-state index contributed by atoms with van der Waals surface area (Å²) in [5.74, 6) is 1.11. The Kier molecular flexibility index (Phi) is 2.17.